The van der Waals surface area contributed by atoms with Gasteiger partial charge < -0.3 is 10.1 Å². The van der Waals surface area contributed by atoms with Crippen LogP contribution in [0.5, 0.6) is 5.75 Å². The molecule has 1 heterocycles. The number of benzene rings is 2. The maximum Gasteiger partial charge on any atom is 0.228 e. The van der Waals surface area contributed by atoms with Crippen LogP contribution in [-0.4, -0.2) is 12.5 Å². The summed E-state index contributed by atoms with van der Waals surface area (Å²) in [6, 6.07) is 16.0. The monoisotopic (exact) mass is 521 g/mol. The van der Waals surface area contributed by atoms with E-state index in [0.29, 0.717) is 6.42 Å². The average Bonchev–Trinajstić information content (AvgIpc) is 3.41. The van der Waals surface area contributed by atoms with Crippen LogP contribution in [0.15, 0.2) is 65.6 Å². The second-order valence-electron chi connectivity index (χ2n) is 10.0. The van der Waals surface area contributed by atoms with E-state index in [4.69, 9.17) is 4.74 Å². The van der Waals surface area contributed by atoms with Crippen LogP contribution in [-0.2, 0) is 17.8 Å². The number of unbranched alkanes of at least 4 members (excludes halogenated alkanes) is 11. The summed E-state index contributed by atoms with van der Waals surface area (Å²) < 4.78 is 8.11. The lowest BCUT2D eigenvalue weighted by atomic mass is 10.1. The molecule has 0 saturated carbocycles. The summed E-state index contributed by atoms with van der Waals surface area (Å²) in [5.74, 6) is 0.835. The first-order valence-electron chi connectivity index (χ1n) is 14.2. The van der Waals surface area contributed by atoms with Crippen LogP contribution >= 0.6 is 11.3 Å². The van der Waals surface area contributed by atoms with Gasteiger partial charge in [0.25, 0.3) is 0 Å². The first kappa shape index (κ1) is 28.9. The van der Waals surface area contributed by atoms with E-state index in [-0.39, 0.29) is 5.91 Å². The van der Waals surface area contributed by atoms with Gasteiger partial charge >= 0.3 is 0 Å². The normalized spacial score (nSPS) is 10.9. The maximum absolute atomic E-state index is 12.6. The van der Waals surface area contributed by atoms with Gasteiger partial charge in [-0.15, -0.1) is 0 Å². The number of hydrogen-bond donors (Lipinski definition) is 1. The number of nitrogens with one attached hydrogen (secondary N) is 1. The second-order valence-corrected chi connectivity index (χ2v) is 10.8. The molecule has 0 aliphatic heterocycles. The van der Waals surface area contributed by atoms with Gasteiger partial charge in [-0.25, -0.2) is 0 Å². The Morgan fingerprint density at radius 1 is 0.838 bits per heavy atom. The van der Waals surface area contributed by atoms with E-state index in [1.54, 1.807) is 11.3 Å². The molecule has 1 aromatic heterocycles. The third kappa shape index (κ3) is 12.4. The van der Waals surface area contributed by atoms with Gasteiger partial charge in [0.15, 0.2) is 12.7 Å². The first-order chi connectivity index (χ1) is 18.2. The third-order valence-corrected chi connectivity index (χ3v) is 7.33. The highest BCUT2D eigenvalue weighted by atomic mass is 32.1. The summed E-state index contributed by atoms with van der Waals surface area (Å²) in [5, 5.41) is 5.07. The second kappa shape index (κ2) is 17.7. The van der Waals surface area contributed by atoms with E-state index in [9.17, 15) is 4.79 Å². The summed E-state index contributed by atoms with van der Waals surface area (Å²) in [6.07, 6.45) is 18.5. The van der Waals surface area contributed by atoms with Crippen molar-refractivity contribution in [2.45, 2.75) is 96.9 Å². The van der Waals surface area contributed by atoms with E-state index in [2.05, 4.69) is 46.0 Å². The number of hydrogen-bond acceptors (Lipinski definition) is 3. The molecule has 0 aliphatic rings. The van der Waals surface area contributed by atoms with Gasteiger partial charge in [0.05, 0.1) is 18.4 Å². The molecule has 0 fully saturated rings. The van der Waals surface area contributed by atoms with Crippen LogP contribution in [0.2, 0.25) is 0 Å². The van der Waals surface area contributed by atoms with Crippen LogP contribution in [0, 0.1) is 0 Å². The minimum Gasteiger partial charge on any atom is -0.494 e. The number of anilines is 1. The van der Waals surface area contributed by atoms with Crippen molar-refractivity contribution in [3.63, 3.8) is 0 Å². The standard InChI is InChI=1S/C32H44N2O2S/c1-2-3-4-5-6-7-8-9-10-11-12-13-22-36-31-16-14-15-29(24-31)25-32(35)33-30-19-17-28(18-20-30)26-34-21-23-37-27-34/h14-21,23-24,27H,2-13,22,25-26H2,1H3/p+1. The van der Waals surface area contributed by atoms with Gasteiger partial charge in [0.2, 0.25) is 11.4 Å². The van der Waals surface area contributed by atoms with E-state index >= 15 is 0 Å². The van der Waals surface area contributed by atoms with Crippen LogP contribution in [0.25, 0.3) is 0 Å². The Kier molecular flexibility index (Phi) is 13.9. The molecule has 3 aromatic rings. The molecule has 37 heavy (non-hydrogen) atoms. The number of nitrogens with zero attached hydrogens (tertiary/aromatic N) is 1. The number of ether oxygens (including phenoxy) is 1. The number of amides is 1. The van der Waals surface area contributed by atoms with Gasteiger partial charge in [0.1, 0.15) is 5.75 Å². The summed E-state index contributed by atoms with van der Waals surface area (Å²) in [5.41, 5.74) is 5.09. The summed E-state index contributed by atoms with van der Waals surface area (Å²) >= 11 is 1.68. The van der Waals surface area contributed by atoms with Gasteiger partial charge in [-0.1, -0.05) is 113 Å². The lowest BCUT2D eigenvalue weighted by molar-refractivity contribution is -0.683. The van der Waals surface area contributed by atoms with Crippen molar-refractivity contribution < 1.29 is 14.1 Å². The number of rotatable bonds is 19. The van der Waals surface area contributed by atoms with Gasteiger partial charge in [-0.2, -0.15) is 4.57 Å². The lowest BCUT2D eigenvalue weighted by Crippen LogP contribution is -2.30. The molecule has 0 radical (unpaired) electrons. The highest BCUT2D eigenvalue weighted by Crippen LogP contribution is 2.17. The zero-order valence-electron chi connectivity index (χ0n) is 22.6. The van der Waals surface area contributed by atoms with Crippen molar-refractivity contribution in [2.24, 2.45) is 0 Å². The summed E-state index contributed by atoms with van der Waals surface area (Å²) in [6.45, 7) is 3.85. The van der Waals surface area contributed by atoms with Gasteiger partial charge in [-0.3, -0.25) is 4.79 Å². The highest BCUT2D eigenvalue weighted by Gasteiger charge is 2.07. The Morgan fingerprint density at radius 2 is 1.51 bits per heavy atom. The highest BCUT2D eigenvalue weighted by molar-refractivity contribution is 7.07. The lowest BCUT2D eigenvalue weighted by Gasteiger charge is -2.09. The topological polar surface area (TPSA) is 42.2 Å². The number of carbonyl (C=O) groups is 1. The molecule has 200 valence electrons. The molecule has 1 N–H and O–H groups in total. The molecule has 1 amide bonds. The van der Waals surface area contributed by atoms with Gasteiger partial charge in [0, 0.05) is 11.3 Å². The van der Waals surface area contributed by atoms with Crippen LogP contribution in [0.4, 0.5) is 5.69 Å². The van der Waals surface area contributed by atoms with Crippen LogP contribution in [0.1, 0.15) is 95.1 Å². The maximum atomic E-state index is 12.6. The van der Waals surface area contributed by atoms with E-state index < -0.39 is 0 Å². The average molecular weight is 522 g/mol. The zero-order chi connectivity index (χ0) is 26.0. The molecule has 0 aliphatic carbocycles. The SMILES string of the molecule is CCCCCCCCCCCCCCOc1cccc(CC(=O)Nc2ccc(C[n+]3ccsc3)cc2)c1. The Balaban J connectivity index is 1.26. The molecule has 3 rings (SSSR count). The minimum atomic E-state index is -0.0157. The molecular formula is C32H45N2O2S+. The first-order valence-corrected chi connectivity index (χ1v) is 15.2. The van der Waals surface area contributed by atoms with E-state index in [1.165, 1.54) is 76.2 Å². The zero-order valence-corrected chi connectivity index (χ0v) is 23.4. The van der Waals surface area contributed by atoms with Crippen molar-refractivity contribution in [1.82, 2.24) is 0 Å². The number of carbonyl (C=O) groups excluding carboxylic acids is 1. The fraction of sp³-hybridized carbons (Fsp3) is 0.500. The molecule has 0 atom stereocenters. The Labute approximate surface area is 228 Å². The fourth-order valence-electron chi connectivity index (χ4n) is 4.52. The number of aromatic nitrogens is 1. The Morgan fingerprint density at radius 3 is 2.16 bits per heavy atom. The molecule has 0 unspecified atom stereocenters. The van der Waals surface area contributed by atoms with Crippen molar-refractivity contribution in [3.8, 4) is 5.75 Å². The van der Waals surface area contributed by atoms with E-state index in [1.807, 2.05) is 36.4 Å². The van der Waals surface area contributed by atoms with Crippen molar-refractivity contribution >= 4 is 22.9 Å². The molecule has 4 nitrogen and oxygen atoms in total. The molecule has 0 bridgehead atoms. The van der Waals surface area contributed by atoms with Crippen LogP contribution < -0.4 is 14.6 Å². The molecule has 0 spiro atoms. The predicted octanol–water partition coefficient (Wildman–Crippen LogP) is 8.35. The predicted molar refractivity (Wildman–Crippen MR) is 155 cm³/mol. The number of thiazole rings is 1. The van der Waals surface area contributed by atoms with Crippen molar-refractivity contribution in [1.29, 1.82) is 0 Å². The summed E-state index contributed by atoms with van der Waals surface area (Å²) in [4.78, 5) is 12.6. The summed E-state index contributed by atoms with van der Waals surface area (Å²) in [7, 11) is 0. The molecule has 2 aromatic carbocycles. The van der Waals surface area contributed by atoms with Gasteiger partial charge in [-0.05, 0) is 36.2 Å². The Bertz CT molecular complexity index is 1000. The molecule has 0 saturated heterocycles. The van der Waals surface area contributed by atoms with E-state index in [0.717, 1.165) is 36.6 Å². The smallest absolute Gasteiger partial charge is 0.228 e. The fourth-order valence-corrected chi connectivity index (χ4v) is 5.12. The quantitative estimate of drug-likeness (QED) is 0.127. The largest absolute Gasteiger partial charge is 0.494 e. The van der Waals surface area contributed by atoms with Crippen LogP contribution in [0.3, 0.4) is 0 Å². The van der Waals surface area contributed by atoms with Crippen molar-refractivity contribution in [2.75, 3.05) is 11.9 Å². The third-order valence-electron chi connectivity index (χ3n) is 6.66. The molecular weight excluding hydrogens is 476 g/mol. The Hall–Kier alpha value is -2.66. The van der Waals surface area contributed by atoms with Crippen molar-refractivity contribution in [3.05, 3.63) is 76.7 Å². The minimum absolute atomic E-state index is 0.0157. The molecule has 5 heteroatoms.